The summed E-state index contributed by atoms with van der Waals surface area (Å²) in [5, 5.41) is 0. The molecule has 0 atom stereocenters. The average Bonchev–Trinajstić information content (AvgIpc) is 2.52. The van der Waals surface area contributed by atoms with E-state index in [1.807, 2.05) is 38.2 Å². The van der Waals surface area contributed by atoms with Gasteiger partial charge in [0, 0.05) is 31.3 Å². The van der Waals surface area contributed by atoms with Crippen LogP contribution in [0.2, 0.25) is 0 Å². The zero-order valence-corrected chi connectivity index (χ0v) is 13.1. The molecule has 2 heteroatoms. The summed E-state index contributed by atoms with van der Waals surface area (Å²) < 4.78 is 0. The van der Waals surface area contributed by atoms with E-state index in [-0.39, 0.29) is 5.78 Å². The summed E-state index contributed by atoms with van der Waals surface area (Å²) >= 11 is 0. The van der Waals surface area contributed by atoms with Gasteiger partial charge in [-0.15, -0.1) is 0 Å². The quantitative estimate of drug-likeness (QED) is 0.737. The van der Waals surface area contributed by atoms with Crippen LogP contribution in [0.4, 0.5) is 5.69 Å². The molecule has 0 radical (unpaired) electrons. The first-order valence-electron chi connectivity index (χ1n) is 7.50. The predicted octanol–water partition coefficient (Wildman–Crippen LogP) is 4.27. The highest BCUT2D eigenvalue weighted by atomic mass is 16.1. The van der Waals surface area contributed by atoms with Gasteiger partial charge < -0.3 is 4.90 Å². The van der Waals surface area contributed by atoms with Crippen molar-refractivity contribution in [3.8, 4) is 0 Å². The Hall–Kier alpha value is -2.09. The topological polar surface area (TPSA) is 20.3 Å². The Morgan fingerprint density at radius 1 is 1.05 bits per heavy atom. The maximum absolute atomic E-state index is 12.3. The van der Waals surface area contributed by atoms with E-state index < -0.39 is 0 Å². The van der Waals surface area contributed by atoms with E-state index in [1.165, 1.54) is 5.56 Å². The minimum Gasteiger partial charge on any atom is -0.374 e. The zero-order chi connectivity index (χ0) is 15.2. The molecule has 110 valence electrons. The Morgan fingerprint density at radius 3 is 2.33 bits per heavy atom. The van der Waals surface area contributed by atoms with Crippen LogP contribution in [0.25, 0.3) is 0 Å². The number of aryl methyl sites for hydroxylation is 2. The molecule has 2 aromatic carbocycles. The van der Waals surface area contributed by atoms with Gasteiger partial charge in [0.25, 0.3) is 0 Å². The Balaban J connectivity index is 1.95. The van der Waals surface area contributed by atoms with Gasteiger partial charge in [-0.3, -0.25) is 4.79 Å². The number of carbonyl (C=O) groups is 1. The Morgan fingerprint density at radius 2 is 1.71 bits per heavy atom. The molecule has 0 fully saturated rings. The molecule has 0 heterocycles. The standard InChI is InChI=1S/C19H23NO/c1-4-16-9-11-17(12-10-16)20(3)14-13-19(21)18-8-6-5-7-15(18)2/h5-12H,4,13-14H2,1-3H3. The Bertz CT molecular complexity index is 601. The van der Waals surface area contributed by atoms with Gasteiger partial charge in [0.05, 0.1) is 0 Å². The lowest BCUT2D eigenvalue weighted by atomic mass is 10.0. The van der Waals surface area contributed by atoms with Crippen LogP contribution in [0.5, 0.6) is 0 Å². The number of carbonyl (C=O) groups excluding carboxylic acids is 1. The van der Waals surface area contributed by atoms with Crippen molar-refractivity contribution < 1.29 is 4.79 Å². The summed E-state index contributed by atoms with van der Waals surface area (Å²) in [5.74, 6) is 0.213. The van der Waals surface area contributed by atoms with Crippen molar-refractivity contribution in [1.82, 2.24) is 0 Å². The molecule has 0 bridgehead atoms. The second-order valence-electron chi connectivity index (χ2n) is 5.43. The Labute approximate surface area is 127 Å². The lowest BCUT2D eigenvalue weighted by Gasteiger charge is -2.19. The summed E-state index contributed by atoms with van der Waals surface area (Å²) in [4.78, 5) is 14.4. The van der Waals surface area contributed by atoms with Gasteiger partial charge in [-0.25, -0.2) is 0 Å². The number of Topliss-reactive ketones (excluding diaryl/α,β-unsaturated/α-hetero) is 1. The van der Waals surface area contributed by atoms with Gasteiger partial charge in [0.2, 0.25) is 0 Å². The molecule has 21 heavy (non-hydrogen) atoms. The summed E-state index contributed by atoms with van der Waals surface area (Å²) in [5.41, 5.74) is 4.39. The molecule has 0 aliphatic carbocycles. The molecule has 0 saturated heterocycles. The van der Waals surface area contributed by atoms with Crippen molar-refractivity contribution >= 4 is 11.5 Å². The molecule has 0 unspecified atom stereocenters. The summed E-state index contributed by atoms with van der Waals surface area (Å²) in [6, 6.07) is 16.3. The molecule has 0 saturated carbocycles. The van der Waals surface area contributed by atoms with E-state index >= 15 is 0 Å². The molecule has 2 aromatic rings. The number of ketones is 1. The fourth-order valence-corrected chi connectivity index (χ4v) is 2.40. The number of benzene rings is 2. The van der Waals surface area contributed by atoms with Gasteiger partial charge in [-0.05, 0) is 36.6 Å². The molecule has 0 amide bonds. The van der Waals surface area contributed by atoms with Crippen molar-refractivity contribution in [3.05, 3.63) is 65.2 Å². The van der Waals surface area contributed by atoms with E-state index in [0.717, 1.165) is 29.8 Å². The fraction of sp³-hybridized carbons (Fsp3) is 0.316. The molecule has 0 aliphatic heterocycles. The first kappa shape index (κ1) is 15.3. The first-order valence-corrected chi connectivity index (χ1v) is 7.50. The summed E-state index contributed by atoms with van der Waals surface area (Å²) in [6.45, 7) is 4.87. The molecule has 2 nitrogen and oxygen atoms in total. The largest absolute Gasteiger partial charge is 0.374 e. The summed E-state index contributed by atoms with van der Waals surface area (Å²) in [7, 11) is 2.03. The van der Waals surface area contributed by atoms with Crippen LogP contribution >= 0.6 is 0 Å². The van der Waals surface area contributed by atoms with Crippen molar-refractivity contribution in [3.63, 3.8) is 0 Å². The van der Waals surface area contributed by atoms with Crippen molar-refractivity contribution in [2.45, 2.75) is 26.7 Å². The van der Waals surface area contributed by atoms with E-state index in [9.17, 15) is 4.79 Å². The van der Waals surface area contributed by atoms with Crippen LogP contribution in [0.1, 0.15) is 34.8 Å². The van der Waals surface area contributed by atoms with E-state index in [0.29, 0.717) is 6.42 Å². The number of anilines is 1. The minimum absolute atomic E-state index is 0.213. The summed E-state index contributed by atoms with van der Waals surface area (Å²) in [6.07, 6.45) is 1.59. The highest BCUT2D eigenvalue weighted by molar-refractivity contribution is 5.97. The van der Waals surface area contributed by atoms with Crippen molar-refractivity contribution in [2.24, 2.45) is 0 Å². The molecule has 2 rings (SSSR count). The number of hydrogen-bond donors (Lipinski definition) is 0. The second kappa shape index (κ2) is 7.07. The van der Waals surface area contributed by atoms with E-state index in [1.54, 1.807) is 0 Å². The third-order valence-electron chi connectivity index (χ3n) is 3.91. The first-order chi connectivity index (χ1) is 10.1. The van der Waals surface area contributed by atoms with Gasteiger partial charge >= 0.3 is 0 Å². The third kappa shape index (κ3) is 3.94. The monoisotopic (exact) mass is 281 g/mol. The highest BCUT2D eigenvalue weighted by Gasteiger charge is 2.10. The molecule has 0 N–H and O–H groups in total. The van der Waals surface area contributed by atoms with E-state index in [2.05, 4.69) is 36.1 Å². The second-order valence-corrected chi connectivity index (χ2v) is 5.43. The van der Waals surface area contributed by atoms with Gasteiger partial charge in [0.1, 0.15) is 0 Å². The maximum Gasteiger partial charge on any atom is 0.164 e. The van der Waals surface area contributed by atoms with Gasteiger partial charge in [0.15, 0.2) is 5.78 Å². The van der Waals surface area contributed by atoms with Crippen LogP contribution in [0.15, 0.2) is 48.5 Å². The normalized spacial score (nSPS) is 10.4. The maximum atomic E-state index is 12.3. The van der Waals surface area contributed by atoms with Crippen LogP contribution in [-0.2, 0) is 6.42 Å². The van der Waals surface area contributed by atoms with Crippen LogP contribution < -0.4 is 4.90 Å². The lowest BCUT2D eigenvalue weighted by Crippen LogP contribution is -2.21. The fourth-order valence-electron chi connectivity index (χ4n) is 2.40. The molecule has 0 aliphatic rings. The van der Waals surface area contributed by atoms with Crippen molar-refractivity contribution in [2.75, 3.05) is 18.5 Å². The highest BCUT2D eigenvalue weighted by Crippen LogP contribution is 2.16. The number of hydrogen-bond acceptors (Lipinski definition) is 2. The third-order valence-corrected chi connectivity index (χ3v) is 3.91. The van der Waals surface area contributed by atoms with Crippen LogP contribution in [0.3, 0.4) is 0 Å². The lowest BCUT2D eigenvalue weighted by molar-refractivity contribution is 0.0984. The molecular formula is C19H23NO. The average molecular weight is 281 g/mol. The van der Waals surface area contributed by atoms with E-state index in [4.69, 9.17) is 0 Å². The smallest absolute Gasteiger partial charge is 0.164 e. The van der Waals surface area contributed by atoms with Crippen LogP contribution in [-0.4, -0.2) is 19.4 Å². The number of rotatable bonds is 6. The van der Waals surface area contributed by atoms with Gasteiger partial charge in [-0.1, -0.05) is 43.3 Å². The predicted molar refractivity (Wildman–Crippen MR) is 89.2 cm³/mol. The van der Waals surface area contributed by atoms with Gasteiger partial charge in [-0.2, -0.15) is 0 Å². The van der Waals surface area contributed by atoms with Crippen LogP contribution in [0, 0.1) is 6.92 Å². The van der Waals surface area contributed by atoms with Crippen molar-refractivity contribution in [1.29, 1.82) is 0 Å². The number of nitrogens with zero attached hydrogens (tertiary/aromatic N) is 1. The zero-order valence-electron chi connectivity index (χ0n) is 13.1. The molecule has 0 aromatic heterocycles. The molecule has 0 spiro atoms. The molecular weight excluding hydrogens is 258 g/mol. The minimum atomic E-state index is 0.213. The SMILES string of the molecule is CCc1ccc(N(C)CCC(=O)c2ccccc2C)cc1. The Kier molecular flexibility index (Phi) is 5.15.